The minimum absolute atomic E-state index is 0.136. The number of carbonyl (C=O) groups is 1. The smallest absolute Gasteiger partial charge is 0.251 e. The maximum absolute atomic E-state index is 12.5. The van der Waals surface area contributed by atoms with Gasteiger partial charge in [0.2, 0.25) is 0 Å². The third-order valence-electron chi connectivity index (χ3n) is 4.36. The largest absolute Gasteiger partial charge is 0.348 e. The first-order chi connectivity index (χ1) is 13.1. The predicted octanol–water partition coefficient (Wildman–Crippen LogP) is 4.40. The molecule has 0 radical (unpaired) electrons. The van der Waals surface area contributed by atoms with Crippen LogP contribution in [0.5, 0.6) is 0 Å². The second-order valence-corrected chi connectivity index (χ2v) is 7.17. The summed E-state index contributed by atoms with van der Waals surface area (Å²) in [5.74, 6) is 0.590. The Morgan fingerprint density at radius 1 is 1.07 bits per heavy atom. The molecule has 0 saturated heterocycles. The number of fused-ring (bicyclic) bond motifs is 1. The van der Waals surface area contributed by atoms with Crippen molar-refractivity contribution in [3.05, 3.63) is 88.0 Å². The number of amides is 1. The molecular formula is C21H17BrN4O. The fourth-order valence-corrected chi connectivity index (χ4v) is 3.31. The summed E-state index contributed by atoms with van der Waals surface area (Å²) in [6.45, 7) is 2.53. The lowest BCUT2D eigenvalue weighted by atomic mass is 10.1. The van der Waals surface area contributed by atoms with Crippen molar-refractivity contribution in [3.8, 4) is 11.4 Å². The van der Waals surface area contributed by atoms with Crippen molar-refractivity contribution in [3.63, 3.8) is 0 Å². The third kappa shape index (κ3) is 3.61. The van der Waals surface area contributed by atoms with Gasteiger partial charge in [-0.15, -0.1) is 10.2 Å². The van der Waals surface area contributed by atoms with Crippen LogP contribution in [0.1, 0.15) is 21.5 Å². The van der Waals surface area contributed by atoms with Gasteiger partial charge in [0.15, 0.2) is 11.5 Å². The molecule has 1 N–H and O–H groups in total. The van der Waals surface area contributed by atoms with Crippen LogP contribution in [0.4, 0.5) is 0 Å². The first-order valence-electron chi connectivity index (χ1n) is 8.55. The summed E-state index contributed by atoms with van der Waals surface area (Å²) >= 11 is 3.54. The Labute approximate surface area is 165 Å². The summed E-state index contributed by atoms with van der Waals surface area (Å²) in [6.07, 6.45) is 1.82. The van der Waals surface area contributed by atoms with Crippen LogP contribution in [0.15, 0.2) is 71.3 Å². The normalized spacial score (nSPS) is 10.9. The highest BCUT2D eigenvalue weighted by Crippen LogP contribution is 2.26. The number of pyridine rings is 1. The molecule has 0 fully saturated rings. The lowest BCUT2D eigenvalue weighted by Crippen LogP contribution is -2.22. The number of nitrogens with zero attached hydrogens (tertiary/aromatic N) is 3. The van der Waals surface area contributed by atoms with E-state index < -0.39 is 0 Å². The first-order valence-corrected chi connectivity index (χ1v) is 9.34. The van der Waals surface area contributed by atoms with Gasteiger partial charge in [0, 0.05) is 28.3 Å². The second-order valence-electron chi connectivity index (χ2n) is 6.32. The summed E-state index contributed by atoms with van der Waals surface area (Å²) < 4.78 is 2.82. The van der Waals surface area contributed by atoms with Crippen molar-refractivity contribution in [2.45, 2.75) is 13.5 Å². The fraction of sp³-hybridized carbons (Fsp3) is 0.0952. The molecule has 27 heavy (non-hydrogen) atoms. The molecule has 0 atom stereocenters. The van der Waals surface area contributed by atoms with Crippen LogP contribution >= 0.6 is 15.9 Å². The molecule has 4 rings (SSSR count). The zero-order valence-corrected chi connectivity index (χ0v) is 16.3. The monoisotopic (exact) mass is 420 g/mol. The Morgan fingerprint density at radius 3 is 2.63 bits per heavy atom. The predicted molar refractivity (Wildman–Crippen MR) is 108 cm³/mol. The zero-order chi connectivity index (χ0) is 18.8. The Hall–Kier alpha value is -2.99. The SMILES string of the molecule is Cc1ccc(CNC(=O)c2ccn3c(-c4ccccc4Br)nnc3c2)cc1. The van der Waals surface area contributed by atoms with E-state index in [9.17, 15) is 4.79 Å². The minimum Gasteiger partial charge on any atom is -0.348 e. The molecule has 0 aliphatic rings. The van der Waals surface area contributed by atoms with Crippen molar-refractivity contribution in [1.82, 2.24) is 19.9 Å². The van der Waals surface area contributed by atoms with E-state index in [-0.39, 0.29) is 5.91 Å². The highest BCUT2D eigenvalue weighted by molar-refractivity contribution is 9.10. The first kappa shape index (κ1) is 17.4. The van der Waals surface area contributed by atoms with Gasteiger partial charge >= 0.3 is 0 Å². The van der Waals surface area contributed by atoms with E-state index in [4.69, 9.17) is 0 Å². The average Bonchev–Trinajstić information content (AvgIpc) is 3.10. The van der Waals surface area contributed by atoms with E-state index in [1.807, 2.05) is 66.1 Å². The van der Waals surface area contributed by atoms with Crippen LogP contribution in [-0.2, 0) is 6.54 Å². The molecule has 0 bridgehead atoms. The van der Waals surface area contributed by atoms with Crippen molar-refractivity contribution in [2.24, 2.45) is 0 Å². The molecule has 0 aliphatic carbocycles. The highest BCUT2D eigenvalue weighted by Gasteiger charge is 2.13. The van der Waals surface area contributed by atoms with Gasteiger partial charge in [-0.25, -0.2) is 0 Å². The van der Waals surface area contributed by atoms with Crippen LogP contribution < -0.4 is 5.32 Å². The van der Waals surface area contributed by atoms with Crippen molar-refractivity contribution >= 4 is 27.5 Å². The molecule has 0 aliphatic heterocycles. The summed E-state index contributed by atoms with van der Waals surface area (Å²) in [4.78, 5) is 12.5. The van der Waals surface area contributed by atoms with Crippen LogP contribution in [-0.4, -0.2) is 20.5 Å². The van der Waals surface area contributed by atoms with Gasteiger partial charge in [-0.3, -0.25) is 9.20 Å². The quantitative estimate of drug-likeness (QED) is 0.532. The molecule has 6 heteroatoms. The summed E-state index contributed by atoms with van der Waals surface area (Å²) in [6, 6.07) is 19.5. The molecule has 134 valence electrons. The minimum atomic E-state index is -0.136. The lowest BCUT2D eigenvalue weighted by Gasteiger charge is -2.07. The standard InChI is InChI=1S/C21H17BrN4O/c1-14-6-8-15(9-7-14)13-23-21(27)16-10-11-26-19(12-16)24-25-20(26)17-4-2-3-5-18(17)22/h2-12H,13H2,1H3,(H,23,27). The highest BCUT2D eigenvalue weighted by atomic mass is 79.9. The number of hydrogen-bond acceptors (Lipinski definition) is 3. The van der Waals surface area contributed by atoms with Crippen LogP contribution in [0.25, 0.3) is 17.0 Å². The van der Waals surface area contributed by atoms with Gasteiger partial charge in [-0.2, -0.15) is 0 Å². The third-order valence-corrected chi connectivity index (χ3v) is 5.05. The maximum atomic E-state index is 12.5. The number of halogens is 1. The van der Waals surface area contributed by atoms with E-state index in [2.05, 4.69) is 31.4 Å². The molecule has 1 amide bonds. The van der Waals surface area contributed by atoms with Crippen molar-refractivity contribution in [2.75, 3.05) is 0 Å². The fourth-order valence-electron chi connectivity index (χ4n) is 2.85. The molecule has 5 nitrogen and oxygen atoms in total. The number of aryl methyl sites for hydroxylation is 1. The van der Waals surface area contributed by atoms with Crippen molar-refractivity contribution < 1.29 is 4.79 Å². The van der Waals surface area contributed by atoms with Crippen LogP contribution in [0, 0.1) is 6.92 Å². The number of benzene rings is 2. The van der Waals surface area contributed by atoms with Crippen LogP contribution in [0.2, 0.25) is 0 Å². The number of nitrogens with one attached hydrogen (secondary N) is 1. The van der Waals surface area contributed by atoms with Gasteiger partial charge in [0.1, 0.15) is 0 Å². The number of aromatic nitrogens is 3. The van der Waals surface area contributed by atoms with E-state index in [1.165, 1.54) is 5.56 Å². The van der Waals surface area contributed by atoms with Gasteiger partial charge in [0.05, 0.1) is 0 Å². The van der Waals surface area contributed by atoms with Gasteiger partial charge < -0.3 is 5.32 Å². The van der Waals surface area contributed by atoms with Gasteiger partial charge in [-0.1, -0.05) is 64.0 Å². The van der Waals surface area contributed by atoms with E-state index >= 15 is 0 Å². The lowest BCUT2D eigenvalue weighted by molar-refractivity contribution is 0.0951. The van der Waals surface area contributed by atoms with Gasteiger partial charge in [0.25, 0.3) is 5.91 Å². The molecule has 0 unspecified atom stereocenters. The number of rotatable bonds is 4. The molecule has 2 aromatic carbocycles. The van der Waals surface area contributed by atoms with E-state index in [0.29, 0.717) is 17.8 Å². The average molecular weight is 421 g/mol. The summed E-state index contributed by atoms with van der Waals surface area (Å²) in [7, 11) is 0. The summed E-state index contributed by atoms with van der Waals surface area (Å²) in [5, 5.41) is 11.4. The van der Waals surface area contributed by atoms with Gasteiger partial charge in [-0.05, 0) is 30.7 Å². The Morgan fingerprint density at radius 2 is 1.85 bits per heavy atom. The molecule has 2 heterocycles. The Balaban J connectivity index is 1.56. The molecule has 0 saturated carbocycles. The molecule has 0 spiro atoms. The van der Waals surface area contributed by atoms with E-state index in [0.717, 1.165) is 21.4 Å². The second kappa shape index (κ2) is 7.32. The number of hydrogen-bond donors (Lipinski definition) is 1. The number of carbonyl (C=O) groups excluding carboxylic acids is 1. The zero-order valence-electron chi connectivity index (χ0n) is 14.7. The Bertz CT molecular complexity index is 1120. The summed E-state index contributed by atoms with van der Waals surface area (Å²) in [5.41, 5.74) is 4.39. The van der Waals surface area contributed by atoms with Crippen LogP contribution in [0.3, 0.4) is 0 Å². The van der Waals surface area contributed by atoms with Crippen molar-refractivity contribution in [1.29, 1.82) is 0 Å². The topological polar surface area (TPSA) is 59.3 Å². The molecule has 2 aromatic heterocycles. The Kier molecular flexibility index (Phi) is 4.73. The molecule has 4 aromatic rings. The molecular weight excluding hydrogens is 404 g/mol. The maximum Gasteiger partial charge on any atom is 0.251 e. The van der Waals surface area contributed by atoms with E-state index in [1.54, 1.807) is 12.1 Å².